The fraction of sp³-hybridized carbons (Fsp3) is 0.167. The molecule has 0 unspecified atom stereocenters. The lowest BCUT2D eigenvalue weighted by molar-refractivity contribution is -0.384. The summed E-state index contributed by atoms with van der Waals surface area (Å²) in [5.74, 6) is 0. The maximum Gasteiger partial charge on any atom is 0.269 e. The zero-order valence-corrected chi connectivity index (χ0v) is 12.6. The number of aryl methyl sites for hydroxylation is 1. The number of non-ortho nitro benzene ring substituents is 1. The number of thiocarbonyl (C=S) groups is 1. The Labute approximate surface area is 131 Å². The van der Waals surface area contributed by atoms with Gasteiger partial charge in [-0.3, -0.25) is 14.8 Å². The molecule has 110 valence electrons. The van der Waals surface area contributed by atoms with Gasteiger partial charge in [-0.1, -0.05) is 11.6 Å². The van der Waals surface area contributed by atoms with Crippen LogP contribution in [-0.2, 0) is 13.6 Å². The van der Waals surface area contributed by atoms with Gasteiger partial charge < -0.3 is 10.6 Å². The Kier molecular flexibility index (Phi) is 4.71. The minimum atomic E-state index is -0.454. The third-order valence-corrected chi connectivity index (χ3v) is 3.33. The molecule has 1 aromatic heterocycles. The van der Waals surface area contributed by atoms with Crippen LogP contribution in [0.2, 0.25) is 5.02 Å². The summed E-state index contributed by atoms with van der Waals surface area (Å²) in [4.78, 5) is 10.1. The monoisotopic (exact) mass is 325 g/mol. The molecule has 0 saturated carbocycles. The summed E-state index contributed by atoms with van der Waals surface area (Å²) in [5.41, 5.74) is 1.50. The minimum Gasteiger partial charge on any atom is -0.357 e. The second-order valence-electron chi connectivity index (χ2n) is 4.17. The molecule has 21 heavy (non-hydrogen) atoms. The molecule has 0 aliphatic rings. The van der Waals surface area contributed by atoms with Gasteiger partial charge in [0.15, 0.2) is 5.11 Å². The van der Waals surface area contributed by atoms with Crippen LogP contribution in [-0.4, -0.2) is 19.8 Å². The van der Waals surface area contributed by atoms with Crippen LogP contribution in [0.5, 0.6) is 0 Å². The predicted octanol–water partition coefficient (Wildman–Crippen LogP) is 2.47. The second-order valence-corrected chi connectivity index (χ2v) is 4.99. The standard InChI is InChI=1S/C12H12ClN5O2S/c1-17-11(10(13)6-15-17)7-14-12(21)16-8-2-4-9(5-3-8)18(19)20/h2-6H,7H2,1H3,(H2,14,16,21). The predicted molar refractivity (Wildman–Crippen MR) is 84.4 cm³/mol. The number of hydrogen-bond donors (Lipinski definition) is 2. The Bertz CT molecular complexity index is 651. The highest BCUT2D eigenvalue weighted by Gasteiger charge is 2.08. The summed E-state index contributed by atoms with van der Waals surface area (Å²) in [5, 5.41) is 21.5. The Morgan fingerprint density at radius 2 is 2.14 bits per heavy atom. The van der Waals surface area contributed by atoms with E-state index in [1.165, 1.54) is 12.1 Å². The minimum absolute atomic E-state index is 0.0288. The summed E-state index contributed by atoms with van der Waals surface area (Å²) < 4.78 is 1.66. The van der Waals surface area contributed by atoms with Gasteiger partial charge in [-0.15, -0.1) is 0 Å². The van der Waals surface area contributed by atoms with Crippen molar-refractivity contribution >= 4 is 40.3 Å². The number of nitrogens with one attached hydrogen (secondary N) is 2. The van der Waals surface area contributed by atoms with Crippen molar-refractivity contribution < 1.29 is 4.92 Å². The molecule has 0 bridgehead atoms. The molecule has 0 fully saturated rings. The summed E-state index contributed by atoms with van der Waals surface area (Å²) in [6.45, 7) is 0.425. The Morgan fingerprint density at radius 1 is 1.48 bits per heavy atom. The average molecular weight is 326 g/mol. The van der Waals surface area contributed by atoms with Crippen LogP contribution >= 0.6 is 23.8 Å². The topological polar surface area (TPSA) is 85.0 Å². The molecule has 0 aliphatic carbocycles. The van der Waals surface area contributed by atoms with E-state index in [0.717, 1.165) is 5.69 Å². The van der Waals surface area contributed by atoms with Gasteiger partial charge in [0.25, 0.3) is 5.69 Å². The van der Waals surface area contributed by atoms with Gasteiger partial charge in [0.1, 0.15) is 0 Å². The number of benzene rings is 1. The molecule has 9 heteroatoms. The average Bonchev–Trinajstić information content (AvgIpc) is 2.76. The van der Waals surface area contributed by atoms with Crippen LogP contribution < -0.4 is 10.6 Å². The molecule has 7 nitrogen and oxygen atoms in total. The van der Waals surface area contributed by atoms with E-state index in [-0.39, 0.29) is 5.69 Å². The van der Waals surface area contributed by atoms with E-state index in [1.54, 1.807) is 30.1 Å². The summed E-state index contributed by atoms with van der Waals surface area (Å²) in [6, 6.07) is 5.98. The first-order valence-corrected chi connectivity index (χ1v) is 6.71. The third kappa shape index (κ3) is 3.89. The summed E-state index contributed by atoms with van der Waals surface area (Å²) in [7, 11) is 1.79. The van der Waals surface area contributed by atoms with Crippen molar-refractivity contribution in [1.82, 2.24) is 15.1 Å². The molecule has 0 aliphatic heterocycles. The number of aromatic nitrogens is 2. The van der Waals surface area contributed by atoms with Gasteiger partial charge in [-0.25, -0.2) is 0 Å². The van der Waals surface area contributed by atoms with Crippen LogP contribution in [0.3, 0.4) is 0 Å². The molecule has 2 aromatic rings. The number of nitrogens with zero attached hydrogens (tertiary/aromatic N) is 3. The SMILES string of the molecule is Cn1ncc(Cl)c1CNC(=S)Nc1ccc([N+](=O)[O-])cc1. The van der Waals surface area contributed by atoms with Gasteiger partial charge >= 0.3 is 0 Å². The largest absolute Gasteiger partial charge is 0.357 e. The van der Waals surface area contributed by atoms with Crippen molar-refractivity contribution in [3.63, 3.8) is 0 Å². The molecule has 2 rings (SSSR count). The highest BCUT2D eigenvalue weighted by Crippen LogP contribution is 2.16. The normalized spacial score (nSPS) is 10.2. The molecule has 1 aromatic carbocycles. The molecule has 1 heterocycles. The first-order chi connectivity index (χ1) is 9.97. The van der Waals surface area contributed by atoms with Gasteiger partial charge in [0.05, 0.1) is 28.4 Å². The van der Waals surface area contributed by atoms with Crippen molar-refractivity contribution in [2.75, 3.05) is 5.32 Å². The van der Waals surface area contributed by atoms with Crippen molar-refractivity contribution in [1.29, 1.82) is 0 Å². The zero-order valence-electron chi connectivity index (χ0n) is 11.0. The number of rotatable bonds is 4. The fourth-order valence-electron chi connectivity index (χ4n) is 1.64. The number of nitro benzene ring substituents is 1. The maximum absolute atomic E-state index is 10.6. The van der Waals surface area contributed by atoms with Gasteiger partial charge in [-0.05, 0) is 24.4 Å². The lowest BCUT2D eigenvalue weighted by Crippen LogP contribution is -2.28. The molecular formula is C12H12ClN5O2S. The lowest BCUT2D eigenvalue weighted by atomic mass is 10.3. The van der Waals surface area contributed by atoms with E-state index in [9.17, 15) is 10.1 Å². The lowest BCUT2D eigenvalue weighted by Gasteiger charge is -2.10. The van der Waals surface area contributed by atoms with E-state index in [4.69, 9.17) is 23.8 Å². The quantitative estimate of drug-likeness (QED) is 0.510. The third-order valence-electron chi connectivity index (χ3n) is 2.76. The molecule has 0 amide bonds. The molecule has 0 atom stereocenters. The first kappa shape index (κ1) is 15.2. The number of hydrogen-bond acceptors (Lipinski definition) is 4. The maximum atomic E-state index is 10.6. The van der Waals surface area contributed by atoms with Crippen LogP contribution in [0.15, 0.2) is 30.5 Å². The summed E-state index contributed by atoms with van der Waals surface area (Å²) >= 11 is 11.1. The van der Waals surface area contributed by atoms with E-state index in [1.807, 2.05) is 0 Å². The van der Waals surface area contributed by atoms with Crippen molar-refractivity contribution in [3.05, 3.63) is 51.3 Å². The zero-order chi connectivity index (χ0) is 15.4. The second kappa shape index (κ2) is 6.51. The van der Waals surface area contributed by atoms with Crippen molar-refractivity contribution in [3.8, 4) is 0 Å². The highest BCUT2D eigenvalue weighted by atomic mass is 35.5. The van der Waals surface area contributed by atoms with E-state index in [2.05, 4.69) is 15.7 Å². The number of halogens is 1. The van der Waals surface area contributed by atoms with E-state index < -0.39 is 4.92 Å². The Hall–Kier alpha value is -2.19. The first-order valence-electron chi connectivity index (χ1n) is 5.93. The Balaban J connectivity index is 1.91. The van der Waals surface area contributed by atoms with E-state index in [0.29, 0.717) is 22.4 Å². The number of anilines is 1. The van der Waals surface area contributed by atoms with Crippen LogP contribution in [0, 0.1) is 10.1 Å². The summed E-state index contributed by atoms with van der Waals surface area (Å²) in [6.07, 6.45) is 1.56. The Morgan fingerprint density at radius 3 is 2.67 bits per heavy atom. The highest BCUT2D eigenvalue weighted by molar-refractivity contribution is 7.80. The van der Waals surface area contributed by atoms with Crippen LogP contribution in [0.25, 0.3) is 0 Å². The molecule has 0 radical (unpaired) electrons. The van der Waals surface area contributed by atoms with Gasteiger partial charge in [0.2, 0.25) is 0 Å². The smallest absolute Gasteiger partial charge is 0.269 e. The fourth-order valence-corrected chi connectivity index (χ4v) is 2.06. The molecule has 0 saturated heterocycles. The van der Waals surface area contributed by atoms with Crippen LogP contribution in [0.4, 0.5) is 11.4 Å². The number of nitro groups is 1. The van der Waals surface area contributed by atoms with E-state index >= 15 is 0 Å². The van der Waals surface area contributed by atoms with Crippen molar-refractivity contribution in [2.24, 2.45) is 7.05 Å². The molecular weight excluding hydrogens is 314 g/mol. The van der Waals surface area contributed by atoms with Gasteiger partial charge in [0, 0.05) is 24.9 Å². The molecule has 0 spiro atoms. The van der Waals surface area contributed by atoms with Crippen molar-refractivity contribution in [2.45, 2.75) is 6.54 Å². The van der Waals surface area contributed by atoms with Gasteiger partial charge in [-0.2, -0.15) is 5.10 Å². The van der Waals surface area contributed by atoms with Crippen LogP contribution in [0.1, 0.15) is 5.69 Å². The molecule has 2 N–H and O–H groups in total.